The van der Waals surface area contributed by atoms with Gasteiger partial charge in [0.15, 0.2) is 0 Å². The topological polar surface area (TPSA) is 29.5 Å². The summed E-state index contributed by atoms with van der Waals surface area (Å²) < 4.78 is 4.69. The molecule has 0 saturated carbocycles. The predicted octanol–water partition coefficient (Wildman–Crippen LogP) is 2.39. The Kier molecular flexibility index (Phi) is 4.15. The van der Waals surface area contributed by atoms with Gasteiger partial charge in [-0.25, -0.2) is 0 Å². The molecule has 0 radical (unpaired) electrons. The molecule has 0 amide bonds. The van der Waals surface area contributed by atoms with Crippen molar-refractivity contribution in [3.05, 3.63) is 35.9 Å². The highest BCUT2D eigenvalue weighted by Crippen LogP contribution is 2.31. The first-order valence-electron chi connectivity index (χ1n) is 6.17. The molecule has 0 N–H and O–H groups in total. The van der Waals surface area contributed by atoms with E-state index in [1.54, 1.807) is 0 Å². The summed E-state index contributed by atoms with van der Waals surface area (Å²) in [5.74, 6) is -0.122. The summed E-state index contributed by atoms with van der Waals surface area (Å²) in [6.07, 6.45) is 2.88. The number of methoxy groups -OCH3 is 1. The second-order valence-corrected chi connectivity index (χ2v) is 4.43. The minimum Gasteiger partial charge on any atom is -0.469 e. The van der Waals surface area contributed by atoms with Gasteiger partial charge in [-0.15, -0.1) is 0 Å². The van der Waals surface area contributed by atoms with Crippen LogP contribution in [-0.4, -0.2) is 31.1 Å². The van der Waals surface area contributed by atoms with Gasteiger partial charge >= 0.3 is 5.97 Å². The van der Waals surface area contributed by atoms with E-state index in [9.17, 15) is 4.79 Å². The third kappa shape index (κ3) is 3.07. The quantitative estimate of drug-likeness (QED) is 0.748. The van der Waals surface area contributed by atoms with Crippen LogP contribution < -0.4 is 0 Å². The fourth-order valence-corrected chi connectivity index (χ4v) is 2.48. The molecule has 2 rings (SSSR count). The van der Waals surface area contributed by atoms with Crippen molar-refractivity contribution in [1.29, 1.82) is 0 Å². The van der Waals surface area contributed by atoms with E-state index in [1.807, 2.05) is 6.07 Å². The fourth-order valence-electron chi connectivity index (χ4n) is 2.48. The summed E-state index contributed by atoms with van der Waals surface area (Å²) in [4.78, 5) is 13.5. The van der Waals surface area contributed by atoms with Gasteiger partial charge in [-0.2, -0.15) is 0 Å². The number of carbonyl (C=O) groups excluding carboxylic acids is 1. The number of hydrogen-bond acceptors (Lipinski definition) is 3. The molecule has 1 saturated heterocycles. The average molecular weight is 233 g/mol. The molecular formula is C14H19NO2. The molecule has 3 nitrogen and oxygen atoms in total. The van der Waals surface area contributed by atoms with Crippen LogP contribution in [0.1, 0.15) is 30.9 Å². The average Bonchev–Trinajstić information content (AvgIpc) is 2.85. The molecule has 1 heterocycles. The molecule has 1 aliphatic heterocycles. The summed E-state index contributed by atoms with van der Waals surface area (Å²) in [6, 6.07) is 11.0. The lowest BCUT2D eigenvalue weighted by Gasteiger charge is -2.24. The highest BCUT2D eigenvalue weighted by Gasteiger charge is 2.25. The van der Waals surface area contributed by atoms with Gasteiger partial charge in [0.25, 0.3) is 0 Å². The molecule has 0 spiro atoms. The van der Waals surface area contributed by atoms with Crippen LogP contribution in [0.15, 0.2) is 30.3 Å². The summed E-state index contributed by atoms with van der Waals surface area (Å²) in [5.41, 5.74) is 1.36. The number of hydrogen-bond donors (Lipinski definition) is 0. The molecule has 17 heavy (non-hydrogen) atoms. The van der Waals surface area contributed by atoms with Crippen molar-refractivity contribution in [3.63, 3.8) is 0 Å². The predicted molar refractivity (Wildman–Crippen MR) is 66.6 cm³/mol. The van der Waals surface area contributed by atoms with E-state index in [1.165, 1.54) is 25.5 Å². The number of carbonyl (C=O) groups is 1. The first-order valence-corrected chi connectivity index (χ1v) is 6.17. The molecule has 3 heteroatoms. The molecule has 1 fully saturated rings. The normalized spacial score (nSPS) is 20.4. The van der Waals surface area contributed by atoms with Crippen molar-refractivity contribution in [2.45, 2.75) is 25.3 Å². The first-order chi connectivity index (χ1) is 8.31. The lowest BCUT2D eigenvalue weighted by molar-refractivity contribution is -0.141. The molecular weight excluding hydrogens is 214 g/mol. The smallest absolute Gasteiger partial charge is 0.306 e. The Morgan fingerprint density at radius 1 is 1.41 bits per heavy atom. The standard InChI is InChI=1S/C14H19NO2/c1-17-14(16)9-11-15-10-5-8-13(15)12-6-3-2-4-7-12/h2-4,6-7,13H,5,8-11H2,1H3. The Morgan fingerprint density at radius 2 is 2.18 bits per heavy atom. The Hall–Kier alpha value is -1.35. The summed E-state index contributed by atoms with van der Waals surface area (Å²) in [5, 5.41) is 0. The Labute approximate surface area is 102 Å². The SMILES string of the molecule is COC(=O)CCN1CCCC1c1ccccc1. The van der Waals surface area contributed by atoms with E-state index < -0.39 is 0 Å². The second-order valence-electron chi connectivity index (χ2n) is 4.43. The van der Waals surface area contributed by atoms with Gasteiger partial charge in [0.05, 0.1) is 13.5 Å². The van der Waals surface area contributed by atoms with Crippen molar-refractivity contribution in [1.82, 2.24) is 4.90 Å². The number of benzene rings is 1. The van der Waals surface area contributed by atoms with Crippen LogP contribution in [0.25, 0.3) is 0 Å². The maximum Gasteiger partial charge on any atom is 0.306 e. The molecule has 0 aromatic heterocycles. The number of ether oxygens (including phenoxy) is 1. The number of rotatable bonds is 4. The Morgan fingerprint density at radius 3 is 2.88 bits per heavy atom. The van der Waals surface area contributed by atoms with E-state index in [4.69, 9.17) is 0 Å². The molecule has 1 aliphatic rings. The highest BCUT2D eigenvalue weighted by molar-refractivity contribution is 5.69. The zero-order valence-electron chi connectivity index (χ0n) is 10.3. The zero-order chi connectivity index (χ0) is 12.1. The molecule has 92 valence electrons. The highest BCUT2D eigenvalue weighted by atomic mass is 16.5. The largest absolute Gasteiger partial charge is 0.469 e. The minimum absolute atomic E-state index is 0.122. The van der Waals surface area contributed by atoms with E-state index in [0.29, 0.717) is 12.5 Å². The number of esters is 1. The van der Waals surface area contributed by atoms with E-state index in [2.05, 4.69) is 33.9 Å². The summed E-state index contributed by atoms with van der Waals surface area (Å²) in [7, 11) is 1.45. The molecule has 1 aromatic rings. The van der Waals surface area contributed by atoms with Crippen LogP contribution in [0.3, 0.4) is 0 Å². The minimum atomic E-state index is -0.122. The number of nitrogens with zero attached hydrogens (tertiary/aromatic N) is 1. The van der Waals surface area contributed by atoms with Crippen LogP contribution in [0, 0.1) is 0 Å². The third-order valence-electron chi connectivity index (χ3n) is 3.38. The maximum atomic E-state index is 11.2. The zero-order valence-corrected chi connectivity index (χ0v) is 10.3. The Balaban J connectivity index is 1.96. The molecule has 0 bridgehead atoms. The number of likely N-dealkylation sites (tertiary alicyclic amines) is 1. The Bertz CT molecular complexity index is 364. The lowest BCUT2D eigenvalue weighted by Crippen LogP contribution is -2.26. The van der Waals surface area contributed by atoms with Crippen LogP contribution in [0.5, 0.6) is 0 Å². The summed E-state index contributed by atoms with van der Waals surface area (Å²) in [6.45, 7) is 1.88. The molecule has 1 atom stereocenters. The van der Waals surface area contributed by atoms with Gasteiger partial charge in [0.2, 0.25) is 0 Å². The van der Waals surface area contributed by atoms with E-state index >= 15 is 0 Å². The van der Waals surface area contributed by atoms with E-state index in [0.717, 1.165) is 13.1 Å². The van der Waals surface area contributed by atoms with Crippen LogP contribution >= 0.6 is 0 Å². The van der Waals surface area contributed by atoms with Crippen molar-refractivity contribution < 1.29 is 9.53 Å². The maximum absolute atomic E-state index is 11.2. The molecule has 1 aromatic carbocycles. The summed E-state index contributed by atoms with van der Waals surface area (Å²) >= 11 is 0. The van der Waals surface area contributed by atoms with Gasteiger partial charge in [0.1, 0.15) is 0 Å². The van der Waals surface area contributed by atoms with Gasteiger partial charge in [-0.1, -0.05) is 30.3 Å². The van der Waals surface area contributed by atoms with Crippen molar-refractivity contribution in [2.75, 3.05) is 20.2 Å². The van der Waals surface area contributed by atoms with Crippen molar-refractivity contribution >= 4 is 5.97 Å². The van der Waals surface area contributed by atoms with Gasteiger partial charge in [-0.05, 0) is 24.9 Å². The fraction of sp³-hybridized carbons (Fsp3) is 0.500. The lowest BCUT2D eigenvalue weighted by atomic mass is 10.0. The van der Waals surface area contributed by atoms with Gasteiger partial charge in [-0.3, -0.25) is 9.69 Å². The molecule has 0 aliphatic carbocycles. The second kappa shape index (κ2) is 5.82. The first kappa shape index (κ1) is 12.1. The van der Waals surface area contributed by atoms with Gasteiger partial charge < -0.3 is 4.74 Å². The van der Waals surface area contributed by atoms with Crippen molar-refractivity contribution in [2.24, 2.45) is 0 Å². The van der Waals surface area contributed by atoms with Crippen molar-refractivity contribution in [3.8, 4) is 0 Å². The van der Waals surface area contributed by atoms with Gasteiger partial charge in [0, 0.05) is 12.6 Å². The third-order valence-corrected chi connectivity index (χ3v) is 3.38. The van der Waals surface area contributed by atoms with Crippen LogP contribution in [0.4, 0.5) is 0 Å². The van der Waals surface area contributed by atoms with E-state index in [-0.39, 0.29) is 5.97 Å². The molecule has 1 unspecified atom stereocenters. The van der Waals surface area contributed by atoms with Crippen LogP contribution in [-0.2, 0) is 9.53 Å². The monoisotopic (exact) mass is 233 g/mol. The van der Waals surface area contributed by atoms with Crippen LogP contribution in [0.2, 0.25) is 0 Å².